The molecule has 144 valence electrons. The molecule has 27 heavy (non-hydrogen) atoms. The van der Waals surface area contributed by atoms with Crippen molar-refractivity contribution in [3.8, 4) is 11.3 Å². The topological polar surface area (TPSA) is 59.5 Å². The van der Waals surface area contributed by atoms with Crippen LogP contribution in [0.2, 0.25) is 0 Å². The predicted molar refractivity (Wildman–Crippen MR) is 107 cm³/mol. The zero-order valence-electron chi connectivity index (χ0n) is 16.2. The summed E-state index contributed by atoms with van der Waals surface area (Å²) in [5.74, 6) is -0.340. The van der Waals surface area contributed by atoms with Crippen molar-refractivity contribution in [2.24, 2.45) is 5.92 Å². The molecule has 1 fully saturated rings. The van der Waals surface area contributed by atoms with Gasteiger partial charge in [-0.15, -0.1) is 11.3 Å². The summed E-state index contributed by atoms with van der Waals surface area (Å²) in [4.78, 5) is 32.4. The molecule has 6 heteroatoms. The maximum Gasteiger partial charge on any atom is 0.310 e. The smallest absolute Gasteiger partial charge is 0.310 e. The lowest BCUT2D eigenvalue weighted by atomic mass is 9.97. The van der Waals surface area contributed by atoms with Gasteiger partial charge in [-0.25, -0.2) is 4.98 Å². The average molecular weight is 387 g/mol. The number of esters is 1. The Hall–Kier alpha value is -2.21. The van der Waals surface area contributed by atoms with E-state index in [9.17, 15) is 9.59 Å². The first-order valence-corrected chi connectivity index (χ1v) is 10.3. The van der Waals surface area contributed by atoms with Crippen molar-refractivity contribution in [3.63, 3.8) is 0 Å². The molecule has 0 spiro atoms. The molecule has 1 aliphatic rings. The predicted octanol–water partition coefficient (Wildman–Crippen LogP) is 3.77. The lowest BCUT2D eigenvalue weighted by Gasteiger charge is -2.31. The Balaban J connectivity index is 1.72. The van der Waals surface area contributed by atoms with Gasteiger partial charge in [0.25, 0.3) is 0 Å². The van der Waals surface area contributed by atoms with E-state index in [0.29, 0.717) is 26.1 Å². The largest absolute Gasteiger partial charge is 0.466 e. The number of likely N-dealkylation sites (tertiary alicyclic amines) is 1. The van der Waals surface area contributed by atoms with E-state index in [4.69, 9.17) is 4.74 Å². The van der Waals surface area contributed by atoms with E-state index in [1.165, 1.54) is 5.56 Å². The van der Waals surface area contributed by atoms with Crippen LogP contribution >= 0.6 is 11.3 Å². The van der Waals surface area contributed by atoms with Crippen LogP contribution in [0.15, 0.2) is 24.3 Å². The summed E-state index contributed by atoms with van der Waals surface area (Å²) in [7, 11) is 0. The molecule has 0 radical (unpaired) electrons. The molecule has 1 saturated heterocycles. The fraction of sp³-hybridized carbons (Fsp3) is 0.476. The average Bonchev–Trinajstić information content (AvgIpc) is 3.02. The monoisotopic (exact) mass is 386 g/mol. The third kappa shape index (κ3) is 4.75. The van der Waals surface area contributed by atoms with Gasteiger partial charge >= 0.3 is 5.97 Å². The summed E-state index contributed by atoms with van der Waals surface area (Å²) >= 11 is 1.57. The Morgan fingerprint density at radius 3 is 2.70 bits per heavy atom. The zero-order chi connectivity index (χ0) is 19.4. The molecule has 2 heterocycles. The maximum atomic E-state index is 12.9. The second kappa shape index (κ2) is 8.65. The number of benzene rings is 1. The minimum Gasteiger partial charge on any atom is -0.466 e. The standard InChI is InChI=1S/C21H26N2O3S/c1-4-26-21(25)17-6-5-11-23(13-17)19(24)12-18-20(22-15(3)27-18)16-9-7-14(2)8-10-16/h7-10,17H,4-6,11-13H2,1-3H3/t17-/m0/s1. The van der Waals surface area contributed by atoms with Gasteiger partial charge in [-0.1, -0.05) is 29.8 Å². The molecule has 5 nitrogen and oxygen atoms in total. The van der Waals surface area contributed by atoms with Crippen LogP contribution < -0.4 is 0 Å². The van der Waals surface area contributed by atoms with Crippen LogP contribution in [-0.2, 0) is 20.7 Å². The first-order chi connectivity index (χ1) is 13.0. The van der Waals surface area contributed by atoms with E-state index in [1.807, 2.05) is 13.8 Å². The van der Waals surface area contributed by atoms with Gasteiger partial charge in [-0.05, 0) is 33.6 Å². The maximum absolute atomic E-state index is 12.9. The van der Waals surface area contributed by atoms with Crippen LogP contribution in [0.25, 0.3) is 11.3 Å². The van der Waals surface area contributed by atoms with Gasteiger partial charge in [0.1, 0.15) is 0 Å². The van der Waals surface area contributed by atoms with Crippen molar-refractivity contribution < 1.29 is 14.3 Å². The van der Waals surface area contributed by atoms with Crippen LogP contribution in [0.3, 0.4) is 0 Å². The van der Waals surface area contributed by atoms with Crippen molar-refractivity contribution >= 4 is 23.2 Å². The van der Waals surface area contributed by atoms with Crippen molar-refractivity contribution in [1.82, 2.24) is 9.88 Å². The van der Waals surface area contributed by atoms with Gasteiger partial charge in [0.15, 0.2) is 0 Å². The molecule has 0 unspecified atom stereocenters. The van der Waals surface area contributed by atoms with Crippen LogP contribution in [0, 0.1) is 19.8 Å². The highest BCUT2D eigenvalue weighted by molar-refractivity contribution is 7.12. The number of aromatic nitrogens is 1. The van der Waals surface area contributed by atoms with Gasteiger partial charge in [0.2, 0.25) is 5.91 Å². The zero-order valence-corrected chi connectivity index (χ0v) is 17.0. The summed E-state index contributed by atoms with van der Waals surface area (Å²) in [5, 5.41) is 0.955. The Kier molecular flexibility index (Phi) is 6.26. The second-order valence-corrected chi connectivity index (χ2v) is 8.27. The van der Waals surface area contributed by atoms with E-state index in [1.54, 1.807) is 16.2 Å². The molecule has 1 aliphatic heterocycles. The molecule has 0 bridgehead atoms. The molecule has 2 aromatic rings. The third-order valence-corrected chi connectivity index (χ3v) is 5.81. The summed E-state index contributed by atoms with van der Waals surface area (Å²) in [6.07, 6.45) is 1.95. The van der Waals surface area contributed by atoms with Crippen LogP contribution in [0.1, 0.15) is 35.2 Å². The number of aryl methyl sites for hydroxylation is 2. The first-order valence-electron chi connectivity index (χ1n) is 9.45. The fourth-order valence-electron chi connectivity index (χ4n) is 3.43. The minimum atomic E-state index is -0.206. The number of rotatable bonds is 5. The van der Waals surface area contributed by atoms with Crippen LogP contribution in [-0.4, -0.2) is 41.5 Å². The third-order valence-electron chi connectivity index (χ3n) is 4.84. The Bertz CT molecular complexity index is 813. The minimum absolute atomic E-state index is 0.0565. The molecule has 3 rings (SSSR count). The number of piperidine rings is 1. The summed E-state index contributed by atoms with van der Waals surface area (Å²) in [6.45, 7) is 7.36. The van der Waals surface area contributed by atoms with Crippen LogP contribution in [0.4, 0.5) is 0 Å². The Labute approximate surface area is 164 Å². The number of hydrogen-bond donors (Lipinski definition) is 0. The van der Waals surface area contributed by atoms with Crippen molar-refractivity contribution in [1.29, 1.82) is 0 Å². The molecular formula is C21H26N2O3S. The molecule has 1 aromatic carbocycles. The van der Waals surface area contributed by atoms with Gasteiger partial charge in [-0.3, -0.25) is 9.59 Å². The number of hydrogen-bond acceptors (Lipinski definition) is 5. The van der Waals surface area contributed by atoms with Crippen molar-refractivity contribution in [3.05, 3.63) is 39.7 Å². The highest BCUT2D eigenvalue weighted by Gasteiger charge is 2.30. The van der Waals surface area contributed by atoms with E-state index in [-0.39, 0.29) is 17.8 Å². The van der Waals surface area contributed by atoms with Crippen LogP contribution in [0.5, 0.6) is 0 Å². The van der Waals surface area contributed by atoms with Crippen molar-refractivity contribution in [2.75, 3.05) is 19.7 Å². The molecule has 1 amide bonds. The molecular weight excluding hydrogens is 360 g/mol. The van der Waals surface area contributed by atoms with Gasteiger partial charge in [0.05, 0.1) is 29.6 Å². The molecule has 0 aliphatic carbocycles. The molecule has 1 aromatic heterocycles. The number of amides is 1. The normalized spacial score (nSPS) is 17.0. The lowest BCUT2D eigenvalue weighted by molar-refractivity contribution is -0.151. The number of thiazole rings is 1. The Morgan fingerprint density at radius 1 is 1.26 bits per heavy atom. The summed E-state index contributed by atoms with van der Waals surface area (Å²) in [5.41, 5.74) is 3.13. The van der Waals surface area contributed by atoms with Crippen molar-refractivity contribution in [2.45, 2.75) is 40.0 Å². The Morgan fingerprint density at radius 2 is 2.00 bits per heavy atom. The lowest BCUT2D eigenvalue weighted by Crippen LogP contribution is -2.43. The first kappa shape index (κ1) is 19.5. The summed E-state index contributed by atoms with van der Waals surface area (Å²) < 4.78 is 5.13. The van der Waals surface area contributed by atoms with E-state index in [2.05, 4.69) is 36.2 Å². The highest BCUT2D eigenvalue weighted by Crippen LogP contribution is 2.29. The number of carbonyl (C=O) groups excluding carboxylic acids is 2. The van der Waals surface area contributed by atoms with Gasteiger partial charge in [-0.2, -0.15) is 0 Å². The highest BCUT2D eigenvalue weighted by atomic mass is 32.1. The van der Waals surface area contributed by atoms with Gasteiger partial charge in [0, 0.05) is 23.5 Å². The molecule has 0 N–H and O–H groups in total. The van der Waals surface area contributed by atoms with E-state index >= 15 is 0 Å². The quantitative estimate of drug-likeness (QED) is 0.734. The number of nitrogens with zero attached hydrogens (tertiary/aromatic N) is 2. The number of carbonyl (C=O) groups is 2. The second-order valence-electron chi connectivity index (χ2n) is 6.98. The molecule has 1 atom stereocenters. The molecule has 0 saturated carbocycles. The SMILES string of the molecule is CCOC(=O)[C@H]1CCCN(C(=O)Cc2sc(C)nc2-c2ccc(C)cc2)C1. The fourth-order valence-corrected chi connectivity index (χ4v) is 4.38. The number of ether oxygens (including phenoxy) is 1. The van der Waals surface area contributed by atoms with E-state index < -0.39 is 0 Å². The van der Waals surface area contributed by atoms with Gasteiger partial charge < -0.3 is 9.64 Å². The summed E-state index contributed by atoms with van der Waals surface area (Å²) in [6, 6.07) is 8.22. The van der Waals surface area contributed by atoms with E-state index in [0.717, 1.165) is 34.0 Å².